The van der Waals surface area contributed by atoms with E-state index in [1.165, 1.54) is 6.92 Å². The van der Waals surface area contributed by atoms with Gasteiger partial charge >= 0.3 is 18.3 Å². The number of hydrogen-bond acceptors (Lipinski definition) is 4. The summed E-state index contributed by atoms with van der Waals surface area (Å²) in [5, 5.41) is 23.1. The van der Waals surface area contributed by atoms with Gasteiger partial charge in [0.05, 0.1) is 23.1 Å². The number of hydrogen-bond donors (Lipinski definition) is 3. The molecule has 11 heteroatoms. The summed E-state index contributed by atoms with van der Waals surface area (Å²) in [6.07, 6.45) is -7.64. The van der Waals surface area contributed by atoms with E-state index in [0.29, 0.717) is 49.7 Å². The number of aryl methyl sites for hydroxylation is 1. The average molecular weight is 545 g/mol. The molecule has 4 rings (SSSR count). The third-order valence-corrected chi connectivity index (χ3v) is 7.74. The van der Waals surface area contributed by atoms with Gasteiger partial charge < -0.3 is 15.5 Å². The number of nitrogens with one attached hydrogen (secondary N) is 1. The highest BCUT2D eigenvalue weighted by Crippen LogP contribution is 2.38. The molecule has 38 heavy (non-hydrogen) atoms. The van der Waals surface area contributed by atoms with Gasteiger partial charge in [0, 0.05) is 18.3 Å². The number of carboxylic acid groups (broad SMARTS) is 1. The Morgan fingerprint density at radius 2 is 1.71 bits per heavy atom. The molecule has 0 saturated carbocycles. The van der Waals surface area contributed by atoms with Crippen LogP contribution in [0, 0.1) is 11.8 Å². The third kappa shape index (κ3) is 6.26. The monoisotopic (exact) mass is 544 g/mol. The van der Waals surface area contributed by atoms with Crippen LogP contribution in [-0.4, -0.2) is 40.2 Å². The molecule has 0 aliphatic carbocycles. The van der Waals surface area contributed by atoms with Crippen molar-refractivity contribution in [3.8, 4) is 0 Å². The van der Waals surface area contributed by atoms with Gasteiger partial charge in [-0.25, -0.2) is 0 Å². The number of anilines is 1. The normalized spacial score (nSPS) is 20.9. The number of carbonyl (C=O) groups is 1. The topological polar surface area (TPSA) is 72.8 Å². The van der Waals surface area contributed by atoms with E-state index in [4.69, 9.17) is 0 Å². The fourth-order valence-corrected chi connectivity index (χ4v) is 5.42. The molecule has 2 heterocycles. The second-order valence-electron chi connectivity index (χ2n) is 10.3. The zero-order chi connectivity index (χ0) is 27.8. The number of aliphatic hydroxyl groups is 1. The first-order chi connectivity index (χ1) is 17.7. The fraction of sp³-hybridized carbons (Fsp3) is 0.519. The van der Waals surface area contributed by atoms with Gasteiger partial charge in [0.25, 0.3) is 0 Å². The van der Waals surface area contributed by atoms with E-state index in [1.807, 2.05) is 6.07 Å². The number of nitrogens with zero attached hydrogens (tertiary/aromatic N) is 1. The number of likely N-dealkylation sites (tertiary alicyclic amines) is 1. The third-order valence-electron chi connectivity index (χ3n) is 7.74. The smallest absolute Gasteiger partial charge is 0.416 e. The van der Waals surface area contributed by atoms with Gasteiger partial charge in [0.15, 0.2) is 0 Å². The SMILES string of the molecule is C[C@H](C(=O)O)[C@@H](O)c1ccc2c(c1)NC(C1CCN(Cc3cc(C(F)(F)F)ccc3C(F)(F)F)CC1)CC2. The van der Waals surface area contributed by atoms with Crippen LogP contribution in [0.1, 0.15) is 60.1 Å². The van der Waals surface area contributed by atoms with Gasteiger partial charge in [-0.3, -0.25) is 9.69 Å². The molecular formula is C27H30F6N2O3. The van der Waals surface area contributed by atoms with Crippen molar-refractivity contribution < 1.29 is 41.4 Å². The van der Waals surface area contributed by atoms with E-state index < -0.39 is 41.5 Å². The molecule has 3 N–H and O–H groups in total. The quantitative estimate of drug-likeness (QED) is 0.383. The van der Waals surface area contributed by atoms with Crippen LogP contribution in [-0.2, 0) is 30.1 Å². The zero-order valence-electron chi connectivity index (χ0n) is 20.7. The maximum Gasteiger partial charge on any atom is 0.416 e. The van der Waals surface area contributed by atoms with Gasteiger partial charge in [-0.2, -0.15) is 26.3 Å². The molecule has 2 aliphatic heterocycles. The lowest BCUT2D eigenvalue weighted by Crippen LogP contribution is -2.41. The van der Waals surface area contributed by atoms with Crippen molar-refractivity contribution in [2.75, 3.05) is 18.4 Å². The maximum atomic E-state index is 13.5. The lowest BCUT2D eigenvalue weighted by atomic mass is 9.83. The average Bonchev–Trinajstić information content (AvgIpc) is 2.86. The first kappa shape index (κ1) is 28.2. The Balaban J connectivity index is 1.41. The van der Waals surface area contributed by atoms with Gasteiger partial charge in [-0.15, -0.1) is 0 Å². The summed E-state index contributed by atoms with van der Waals surface area (Å²) < 4.78 is 79.8. The number of fused-ring (bicyclic) bond motifs is 1. The first-order valence-electron chi connectivity index (χ1n) is 12.5. The molecule has 3 atom stereocenters. The van der Waals surface area contributed by atoms with Gasteiger partial charge in [0.1, 0.15) is 0 Å². The first-order valence-corrected chi connectivity index (χ1v) is 12.5. The number of aliphatic carboxylic acids is 1. The number of piperidine rings is 1. The largest absolute Gasteiger partial charge is 0.481 e. The Kier molecular flexibility index (Phi) is 7.99. The molecule has 5 nitrogen and oxygen atoms in total. The Labute approximate surface area is 216 Å². The summed E-state index contributed by atoms with van der Waals surface area (Å²) >= 11 is 0. The molecule has 1 unspecified atom stereocenters. The van der Waals surface area contributed by atoms with Crippen LogP contribution in [0.15, 0.2) is 36.4 Å². The predicted molar refractivity (Wildman–Crippen MR) is 128 cm³/mol. The van der Waals surface area contributed by atoms with E-state index in [0.717, 1.165) is 24.1 Å². The lowest BCUT2D eigenvalue weighted by Gasteiger charge is -2.39. The molecular weight excluding hydrogens is 514 g/mol. The molecule has 208 valence electrons. The standard InChI is InChI=1S/C27H30F6N2O3/c1-15(25(37)38)24(36)18-3-2-16-4-7-22(34-23(16)13-18)17-8-10-35(11-9-17)14-19-12-20(26(28,29)30)5-6-21(19)27(31,32)33/h2-3,5-6,12-13,15,17,22,24,34,36H,4,7-11,14H2,1H3,(H,37,38)/t15-,22?,24+/m0/s1. The summed E-state index contributed by atoms with van der Waals surface area (Å²) in [5.74, 6) is -1.85. The van der Waals surface area contributed by atoms with Crippen LogP contribution < -0.4 is 5.32 Å². The van der Waals surface area contributed by atoms with Crippen molar-refractivity contribution in [2.24, 2.45) is 11.8 Å². The highest BCUT2D eigenvalue weighted by molar-refractivity contribution is 5.71. The zero-order valence-corrected chi connectivity index (χ0v) is 20.7. The van der Waals surface area contributed by atoms with E-state index in [2.05, 4.69) is 5.32 Å². The summed E-state index contributed by atoms with van der Waals surface area (Å²) in [4.78, 5) is 13.0. The number of carboxylic acids is 1. The minimum atomic E-state index is -4.74. The van der Waals surface area contributed by atoms with E-state index in [-0.39, 0.29) is 24.1 Å². The number of benzene rings is 2. The number of alkyl halides is 6. The van der Waals surface area contributed by atoms with Crippen LogP contribution in [0.5, 0.6) is 0 Å². The molecule has 2 aromatic rings. The van der Waals surface area contributed by atoms with E-state index in [1.54, 1.807) is 17.0 Å². The summed E-state index contributed by atoms with van der Waals surface area (Å²) in [5.41, 5.74) is -0.130. The molecule has 0 bridgehead atoms. The minimum Gasteiger partial charge on any atom is -0.481 e. The molecule has 1 fully saturated rings. The van der Waals surface area contributed by atoms with Crippen molar-refractivity contribution in [1.29, 1.82) is 0 Å². The minimum absolute atomic E-state index is 0.0910. The van der Waals surface area contributed by atoms with Crippen molar-refractivity contribution in [1.82, 2.24) is 4.90 Å². The van der Waals surface area contributed by atoms with Gasteiger partial charge in [0.2, 0.25) is 0 Å². The molecule has 0 aromatic heterocycles. The van der Waals surface area contributed by atoms with Crippen LogP contribution >= 0.6 is 0 Å². The Bertz CT molecular complexity index is 1160. The Morgan fingerprint density at radius 1 is 1.03 bits per heavy atom. The van der Waals surface area contributed by atoms with Crippen molar-refractivity contribution in [2.45, 2.75) is 63.7 Å². The predicted octanol–water partition coefficient (Wildman–Crippen LogP) is 6.12. The molecule has 0 spiro atoms. The van der Waals surface area contributed by atoms with Crippen LogP contribution in [0.3, 0.4) is 0 Å². The van der Waals surface area contributed by atoms with Crippen LogP contribution in [0.2, 0.25) is 0 Å². The molecule has 1 saturated heterocycles. The van der Waals surface area contributed by atoms with E-state index >= 15 is 0 Å². The van der Waals surface area contributed by atoms with Crippen molar-refractivity contribution in [3.05, 3.63) is 64.2 Å². The summed E-state index contributed by atoms with van der Waals surface area (Å²) in [6.45, 7) is 2.14. The molecule has 2 aliphatic rings. The fourth-order valence-electron chi connectivity index (χ4n) is 5.42. The molecule has 0 amide bonds. The summed E-state index contributed by atoms with van der Waals surface area (Å²) in [7, 11) is 0. The second-order valence-corrected chi connectivity index (χ2v) is 10.3. The van der Waals surface area contributed by atoms with Crippen LogP contribution in [0.4, 0.5) is 32.0 Å². The van der Waals surface area contributed by atoms with Crippen LogP contribution in [0.25, 0.3) is 0 Å². The van der Waals surface area contributed by atoms with E-state index in [9.17, 15) is 41.4 Å². The van der Waals surface area contributed by atoms with Crippen molar-refractivity contribution >= 4 is 11.7 Å². The Morgan fingerprint density at radius 3 is 2.32 bits per heavy atom. The Hall–Kier alpha value is -2.79. The lowest BCUT2D eigenvalue weighted by molar-refractivity contribution is -0.145. The number of halogens is 6. The van der Waals surface area contributed by atoms with Crippen molar-refractivity contribution in [3.63, 3.8) is 0 Å². The second kappa shape index (κ2) is 10.8. The molecule has 2 aromatic carbocycles. The molecule has 0 radical (unpaired) electrons. The van der Waals surface area contributed by atoms with Gasteiger partial charge in [-0.1, -0.05) is 12.1 Å². The van der Waals surface area contributed by atoms with Gasteiger partial charge in [-0.05, 0) is 92.6 Å². The maximum absolute atomic E-state index is 13.5. The number of rotatable bonds is 6. The highest BCUT2D eigenvalue weighted by Gasteiger charge is 2.38. The number of aliphatic hydroxyl groups excluding tert-OH is 1. The highest BCUT2D eigenvalue weighted by atomic mass is 19.4. The summed E-state index contributed by atoms with van der Waals surface area (Å²) in [6, 6.07) is 7.05.